The van der Waals surface area contributed by atoms with Crippen LogP contribution in [-0.4, -0.2) is 49.3 Å². The third-order valence-electron chi connectivity index (χ3n) is 4.83. The van der Waals surface area contributed by atoms with Crippen LogP contribution in [0.2, 0.25) is 0 Å². The zero-order chi connectivity index (χ0) is 13.5. The Hall–Kier alpha value is -0.120. The van der Waals surface area contributed by atoms with Gasteiger partial charge in [-0.2, -0.15) is 0 Å². The van der Waals surface area contributed by atoms with E-state index in [0.29, 0.717) is 12.1 Å². The molecule has 0 aromatic rings. The van der Waals surface area contributed by atoms with E-state index in [0.717, 1.165) is 25.7 Å². The molecule has 0 spiro atoms. The van der Waals surface area contributed by atoms with E-state index >= 15 is 0 Å². The zero-order valence-corrected chi connectivity index (χ0v) is 12.9. The summed E-state index contributed by atoms with van der Waals surface area (Å²) in [6.07, 6.45) is 9.85. The van der Waals surface area contributed by atoms with Gasteiger partial charge in [-0.15, -0.1) is 0 Å². The van der Waals surface area contributed by atoms with Crippen LogP contribution in [0.5, 0.6) is 0 Å². The van der Waals surface area contributed by atoms with Crippen molar-refractivity contribution < 1.29 is 4.74 Å². The molecule has 0 radical (unpaired) electrons. The van der Waals surface area contributed by atoms with Crippen LogP contribution < -0.4 is 5.32 Å². The molecule has 1 heterocycles. The normalized spacial score (nSPS) is 30.0. The maximum absolute atomic E-state index is 5.95. The molecule has 2 rings (SSSR count). The Morgan fingerprint density at radius 2 is 2.11 bits per heavy atom. The SMILES string of the molecule is CCNC(CC)CCCN1CCOC2CCCCC21. The van der Waals surface area contributed by atoms with Gasteiger partial charge in [0.2, 0.25) is 0 Å². The standard InChI is InChI=1S/C16H32N2O/c1-3-14(17-4-2)8-7-11-18-12-13-19-16-10-6-5-9-15(16)18/h14-17H,3-13H2,1-2H3. The average Bonchev–Trinajstić information content (AvgIpc) is 2.46. The van der Waals surface area contributed by atoms with Crippen LogP contribution in [0.3, 0.4) is 0 Å². The highest BCUT2D eigenvalue weighted by Crippen LogP contribution is 2.28. The average molecular weight is 268 g/mol. The second-order valence-electron chi connectivity index (χ2n) is 6.10. The van der Waals surface area contributed by atoms with Crippen molar-refractivity contribution in [3.63, 3.8) is 0 Å². The highest BCUT2D eigenvalue weighted by molar-refractivity contribution is 4.87. The molecule has 112 valence electrons. The minimum absolute atomic E-state index is 0.540. The molecule has 0 amide bonds. The molecule has 0 bridgehead atoms. The van der Waals surface area contributed by atoms with E-state index in [1.165, 1.54) is 51.5 Å². The summed E-state index contributed by atoms with van der Waals surface area (Å²) in [7, 11) is 0. The van der Waals surface area contributed by atoms with E-state index in [2.05, 4.69) is 24.1 Å². The topological polar surface area (TPSA) is 24.5 Å². The van der Waals surface area contributed by atoms with Gasteiger partial charge in [-0.05, 0) is 45.2 Å². The zero-order valence-electron chi connectivity index (χ0n) is 12.9. The predicted octanol–water partition coefficient (Wildman–Crippen LogP) is 2.80. The number of rotatable bonds is 7. The summed E-state index contributed by atoms with van der Waals surface area (Å²) in [5.74, 6) is 0. The van der Waals surface area contributed by atoms with Crippen LogP contribution in [0.25, 0.3) is 0 Å². The molecule has 1 saturated heterocycles. The monoisotopic (exact) mass is 268 g/mol. The second-order valence-corrected chi connectivity index (χ2v) is 6.10. The van der Waals surface area contributed by atoms with Crippen molar-refractivity contribution in [1.82, 2.24) is 10.2 Å². The summed E-state index contributed by atoms with van der Waals surface area (Å²) in [4.78, 5) is 2.71. The largest absolute Gasteiger partial charge is 0.375 e. The number of fused-ring (bicyclic) bond motifs is 1. The molecule has 1 aliphatic heterocycles. The lowest BCUT2D eigenvalue weighted by Crippen LogP contribution is -2.52. The van der Waals surface area contributed by atoms with Crippen LogP contribution in [0.4, 0.5) is 0 Å². The van der Waals surface area contributed by atoms with Gasteiger partial charge in [0, 0.05) is 18.6 Å². The molecule has 19 heavy (non-hydrogen) atoms. The van der Waals surface area contributed by atoms with Gasteiger partial charge in [0.15, 0.2) is 0 Å². The summed E-state index contributed by atoms with van der Waals surface area (Å²) >= 11 is 0. The maximum Gasteiger partial charge on any atom is 0.0730 e. The lowest BCUT2D eigenvalue weighted by Gasteiger charge is -2.44. The number of nitrogens with zero attached hydrogens (tertiary/aromatic N) is 1. The fourth-order valence-corrected chi connectivity index (χ4v) is 3.73. The highest BCUT2D eigenvalue weighted by atomic mass is 16.5. The Kier molecular flexibility index (Phi) is 6.62. The van der Waals surface area contributed by atoms with Crippen LogP contribution in [-0.2, 0) is 4.74 Å². The molecule has 2 aliphatic rings. The fraction of sp³-hybridized carbons (Fsp3) is 1.00. The predicted molar refractivity (Wildman–Crippen MR) is 80.6 cm³/mol. The number of nitrogens with one attached hydrogen (secondary N) is 1. The first-order valence-corrected chi connectivity index (χ1v) is 8.44. The lowest BCUT2D eigenvalue weighted by atomic mass is 9.90. The van der Waals surface area contributed by atoms with Crippen molar-refractivity contribution in [3.05, 3.63) is 0 Å². The molecule has 3 nitrogen and oxygen atoms in total. The van der Waals surface area contributed by atoms with Gasteiger partial charge in [0.05, 0.1) is 12.7 Å². The number of hydrogen-bond acceptors (Lipinski definition) is 3. The molecule has 3 unspecified atom stereocenters. The molecule has 0 aromatic heterocycles. The second kappa shape index (κ2) is 8.23. The first-order valence-electron chi connectivity index (χ1n) is 8.44. The van der Waals surface area contributed by atoms with E-state index in [1.807, 2.05) is 0 Å². The minimum atomic E-state index is 0.540. The molecule has 3 heteroatoms. The number of hydrogen-bond donors (Lipinski definition) is 1. The fourth-order valence-electron chi connectivity index (χ4n) is 3.73. The Morgan fingerprint density at radius 1 is 1.26 bits per heavy atom. The van der Waals surface area contributed by atoms with Crippen LogP contribution >= 0.6 is 0 Å². The van der Waals surface area contributed by atoms with Crippen molar-refractivity contribution >= 4 is 0 Å². The quantitative estimate of drug-likeness (QED) is 0.768. The number of ether oxygens (including phenoxy) is 1. The van der Waals surface area contributed by atoms with Gasteiger partial charge in [0.25, 0.3) is 0 Å². The van der Waals surface area contributed by atoms with Gasteiger partial charge < -0.3 is 10.1 Å². The first-order chi connectivity index (χ1) is 9.35. The van der Waals surface area contributed by atoms with Crippen molar-refractivity contribution in [2.75, 3.05) is 26.2 Å². The van der Waals surface area contributed by atoms with Crippen LogP contribution in [0.15, 0.2) is 0 Å². The lowest BCUT2D eigenvalue weighted by molar-refractivity contribution is -0.0883. The molecule has 1 N–H and O–H groups in total. The Labute approximate surface area is 119 Å². The first kappa shape index (κ1) is 15.3. The summed E-state index contributed by atoms with van der Waals surface area (Å²) in [5.41, 5.74) is 0. The Balaban J connectivity index is 1.72. The van der Waals surface area contributed by atoms with Crippen molar-refractivity contribution in [3.8, 4) is 0 Å². The van der Waals surface area contributed by atoms with E-state index in [4.69, 9.17) is 4.74 Å². The summed E-state index contributed by atoms with van der Waals surface area (Å²) < 4.78 is 5.95. The van der Waals surface area contributed by atoms with Crippen molar-refractivity contribution in [1.29, 1.82) is 0 Å². The van der Waals surface area contributed by atoms with Crippen molar-refractivity contribution in [2.24, 2.45) is 0 Å². The third kappa shape index (κ3) is 4.44. The molecule has 3 atom stereocenters. The molecule has 1 saturated carbocycles. The van der Waals surface area contributed by atoms with Gasteiger partial charge in [0.1, 0.15) is 0 Å². The third-order valence-corrected chi connectivity index (χ3v) is 4.83. The van der Waals surface area contributed by atoms with Crippen molar-refractivity contribution in [2.45, 2.75) is 77.0 Å². The van der Waals surface area contributed by atoms with Crippen LogP contribution in [0, 0.1) is 0 Å². The Morgan fingerprint density at radius 3 is 2.89 bits per heavy atom. The van der Waals surface area contributed by atoms with Gasteiger partial charge in [-0.3, -0.25) is 4.90 Å². The smallest absolute Gasteiger partial charge is 0.0730 e. The highest BCUT2D eigenvalue weighted by Gasteiger charge is 2.33. The minimum Gasteiger partial charge on any atom is -0.375 e. The molecular weight excluding hydrogens is 236 g/mol. The van der Waals surface area contributed by atoms with E-state index in [9.17, 15) is 0 Å². The van der Waals surface area contributed by atoms with Gasteiger partial charge >= 0.3 is 0 Å². The maximum atomic E-state index is 5.95. The van der Waals surface area contributed by atoms with E-state index in [-0.39, 0.29) is 0 Å². The van der Waals surface area contributed by atoms with Gasteiger partial charge in [-0.25, -0.2) is 0 Å². The van der Waals surface area contributed by atoms with Gasteiger partial charge in [-0.1, -0.05) is 26.7 Å². The van der Waals surface area contributed by atoms with Crippen LogP contribution in [0.1, 0.15) is 58.8 Å². The van der Waals surface area contributed by atoms with E-state index < -0.39 is 0 Å². The summed E-state index contributed by atoms with van der Waals surface area (Å²) in [6.45, 7) is 8.97. The summed E-state index contributed by atoms with van der Waals surface area (Å²) in [6, 6.07) is 1.44. The molecule has 1 aliphatic carbocycles. The Bertz CT molecular complexity index is 245. The molecule has 0 aromatic carbocycles. The molecular formula is C16H32N2O. The summed E-state index contributed by atoms with van der Waals surface area (Å²) in [5, 5.41) is 3.58. The molecule has 2 fully saturated rings. The van der Waals surface area contributed by atoms with E-state index in [1.54, 1.807) is 0 Å². The number of morpholine rings is 1.